The van der Waals surface area contributed by atoms with Crippen LogP contribution in [0.3, 0.4) is 0 Å². The summed E-state index contributed by atoms with van der Waals surface area (Å²) in [7, 11) is 0. The summed E-state index contributed by atoms with van der Waals surface area (Å²) in [5.74, 6) is 0. The summed E-state index contributed by atoms with van der Waals surface area (Å²) < 4.78 is 5.04. The number of allylic oxidation sites excluding steroid dienone is 1. The largest absolute Gasteiger partial charge is 0.423 e. The van der Waals surface area contributed by atoms with Crippen molar-refractivity contribution in [1.82, 2.24) is 0 Å². The van der Waals surface area contributed by atoms with E-state index in [0.29, 0.717) is 5.58 Å². The van der Waals surface area contributed by atoms with Gasteiger partial charge < -0.3 is 4.42 Å². The van der Waals surface area contributed by atoms with Crippen LogP contribution in [0.2, 0.25) is 0 Å². The van der Waals surface area contributed by atoms with Gasteiger partial charge in [-0.3, -0.25) is 0 Å². The SMILES string of the molecule is [CH2]/C=C\c1cc2ccc(=O)oc2cc1[CH2]. The Morgan fingerprint density at radius 1 is 1.27 bits per heavy atom. The summed E-state index contributed by atoms with van der Waals surface area (Å²) >= 11 is 0. The Morgan fingerprint density at radius 2 is 2.07 bits per heavy atom. The standard InChI is InChI=1S/C13H10O2/c1-3-4-10-8-11-5-6-13(14)15-12(11)7-9(10)2/h3-8H,1-2H2/b4-3-. The third-order valence-electron chi connectivity index (χ3n) is 2.18. The van der Waals surface area contributed by atoms with Crippen molar-refractivity contribution in [3.05, 3.63) is 65.7 Å². The molecule has 0 aliphatic carbocycles. The first-order valence-corrected chi connectivity index (χ1v) is 4.56. The molecule has 0 aliphatic heterocycles. The fourth-order valence-electron chi connectivity index (χ4n) is 1.46. The molecule has 2 nitrogen and oxygen atoms in total. The van der Waals surface area contributed by atoms with E-state index in [1.54, 1.807) is 18.2 Å². The summed E-state index contributed by atoms with van der Waals surface area (Å²) in [6.07, 6.45) is 3.57. The average Bonchev–Trinajstić information content (AvgIpc) is 2.20. The predicted octanol–water partition coefficient (Wildman–Crippen LogP) is 2.82. The van der Waals surface area contributed by atoms with E-state index in [0.717, 1.165) is 16.5 Å². The highest BCUT2D eigenvalue weighted by Crippen LogP contribution is 2.19. The zero-order valence-electron chi connectivity index (χ0n) is 8.19. The fourth-order valence-corrected chi connectivity index (χ4v) is 1.46. The van der Waals surface area contributed by atoms with Gasteiger partial charge in [-0.05, 0) is 43.2 Å². The maximum absolute atomic E-state index is 11.0. The molecular formula is C13H10O2. The molecule has 1 heterocycles. The molecule has 0 N–H and O–H groups in total. The van der Waals surface area contributed by atoms with Crippen molar-refractivity contribution in [2.24, 2.45) is 0 Å². The number of hydrogen-bond acceptors (Lipinski definition) is 2. The van der Waals surface area contributed by atoms with Gasteiger partial charge in [0.05, 0.1) is 0 Å². The van der Waals surface area contributed by atoms with Crippen LogP contribution in [0, 0.1) is 13.8 Å². The molecular weight excluding hydrogens is 188 g/mol. The molecule has 0 aliphatic rings. The molecule has 1 aromatic heterocycles. The number of rotatable bonds is 1. The van der Waals surface area contributed by atoms with Crippen molar-refractivity contribution in [3.8, 4) is 0 Å². The molecule has 0 saturated heterocycles. The van der Waals surface area contributed by atoms with Crippen LogP contribution >= 0.6 is 0 Å². The van der Waals surface area contributed by atoms with Gasteiger partial charge >= 0.3 is 5.63 Å². The van der Waals surface area contributed by atoms with Gasteiger partial charge in [-0.15, -0.1) is 0 Å². The molecule has 2 heteroatoms. The number of hydrogen-bond donors (Lipinski definition) is 0. The van der Waals surface area contributed by atoms with Crippen LogP contribution in [-0.2, 0) is 0 Å². The molecule has 2 aromatic rings. The van der Waals surface area contributed by atoms with Gasteiger partial charge in [-0.1, -0.05) is 12.2 Å². The summed E-state index contributed by atoms with van der Waals surface area (Å²) in [4.78, 5) is 11.0. The Morgan fingerprint density at radius 3 is 2.80 bits per heavy atom. The quantitative estimate of drug-likeness (QED) is 0.659. The van der Waals surface area contributed by atoms with Crippen molar-refractivity contribution in [2.75, 3.05) is 0 Å². The van der Waals surface area contributed by atoms with Gasteiger partial charge in [0.15, 0.2) is 0 Å². The third-order valence-corrected chi connectivity index (χ3v) is 2.18. The van der Waals surface area contributed by atoms with Gasteiger partial charge in [-0.2, -0.15) is 0 Å². The van der Waals surface area contributed by atoms with E-state index >= 15 is 0 Å². The van der Waals surface area contributed by atoms with Crippen molar-refractivity contribution in [2.45, 2.75) is 0 Å². The highest BCUT2D eigenvalue weighted by molar-refractivity contribution is 5.81. The van der Waals surface area contributed by atoms with Crippen LogP contribution in [-0.4, -0.2) is 0 Å². The van der Waals surface area contributed by atoms with E-state index in [9.17, 15) is 4.79 Å². The van der Waals surface area contributed by atoms with E-state index < -0.39 is 0 Å². The molecule has 2 radical (unpaired) electrons. The second-order valence-electron chi connectivity index (χ2n) is 3.25. The van der Waals surface area contributed by atoms with Crippen molar-refractivity contribution in [1.29, 1.82) is 0 Å². The molecule has 2 rings (SSSR count). The summed E-state index contributed by atoms with van der Waals surface area (Å²) in [5, 5.41) is 0.884. The minimum absolute atomic E-state index is 0.345. The Labute approximate surface area is 87.8 Å². The lowest BCUT2D eigenvalue weighted by atomic mass is 10.1. The summed E-state index contributed by atoms with van der Waals surface area (Å²) in [6, 6.07) is 6.82. The lowest BCUT2D eigenvalue weighted by molar-refractivity contribution is 0.561. The Bertz CT molecular complexity index is 577. The molecule has 0 unspecified atom stereocenters. The normalized spacial score (nSPS) is 11.3. The predicted molar refractivity (Wildman–Crippen MR) is 61.3 cm³/mol. The smallest absolute Gasteiger partial charge is 0.336 e. The molecule has 1 aromatic carbocycles. The molecule has 0 saturated carbocycles. The van der Waals surface area contributed by atoms with Gasteiger partial charge in [0.2, 0.25) is 0 Å². The zero-order chi connectivity index (χ0) is 10.8. The second-order valence-corrected chi connectivity index (χ2v) is 3.25. The molecule has 74 valence electrons. The van der Waals surface area contributed by atoms with Crippen molar-refractivity contribution in [3.63, 3.8) is 0 Å². The van der Waals surface area contributed by atoms with E-state index in [4.69, 9.17) is 4.42 Å². The van der Waals surface area contributed by atoms with Crippen LogP contribution in [0.4, 0.5) is 0 Å². The minimum atomic E-state index is -0.345. The van der Waals surface area contributed by atoms with E-state index in [1.165, 1.54) is 6.07 Å². The molecule has 0 fully saturated rings. The summed E-state index contributed by atoms with van der Waals surface area (Å²) in [5.41, 5.74) is 2.01. The second kappa shape index (κ2) is 3.73. The van der Waals surface area contributed by atoms with Crippen LogP contribution in [0.15, 0.2) is 39.6 Å². The Kier molecular flexibility index (Phi) is 2.42. The van der Waals surface area contributed by atoms with Gasteiger partial charge in [-0.25, -0.2) is 4.79 Å². The number of benzene rings is 1. The first-order valence-electron chi connectivity index (χ1n) is 4.56. The lowest BCUT2D eigenvalue weighted by Crippen LogP contribution is -1.95. The van der Waals surface area contributed by atoms with E-state index in [2.05, 4.69) is 13.8 Å². The molecule has 0 amide bonds. The van der Waals surface area contributed by atoms with Crippen LogP contribution < -0.4 is 5.63 Å². The minimum Gasteiger partial charge on any atom is -0.423 e. The highest BCUT2D eigenvalue weighted by atomic mass is 16.4. The molecule has 0 bridgehead atoms. The molecule has 0 spiro atoms. The van der Waals surface area contributed by atoms with Crippen LogP contribution in [0.25, 0.3) is 17.0 Å². The monoisotopic (exact) mass is 198 g/mol. The first-order chi connectivity index (χ1) is 7.20. The van der Waals surface area contributed by atoms with E-state index in [-0.39, 0.29) is 5.63 Å². The maximum atomic E-state index is 11.0. The van der Waals surface area contributed by atoms with Gasteiger partial charge in [0, 0.05) is 11.5 Å². The Hall–Kier alpha value is -1.83. The van der Waals surface area contributed by atoms with Crippen LogP contribution in [0.5, 0.6) is 0 Å². The third kappa shape index (κ3) is 1.84. The van der Waals surface area contributed by atoms with Gasteiger partial charge in [0.25, 0.3) is 0 Å². The first kappa shape index (κ1) is 9.71. The molecule has 0 atom stereocenters. The van der Waals surface area contributed by atoms with Crippen LogP contribution in [0.1, 0.15) is 11.1 Å². The topological polar surface area (TPSA) is 30.2 Å². The fraction of sp³-hybridized carbons (Fsp3) is 0. The van der Waals surface area contributed by atoms with Gasteiger partial charge in [0.1, 0.15) is 5.58 Å². The Balaban J connectivity index is 2.76. The summed E-state index contributed by atoms with van der Waals surface area (Å²) in [6.45, 7) is 7.51. The average molecular weight is 198 g/mol. The zero-order valence-corrected chi connectivity index (χ0v) is 8.19. The number of fused-ring (bicyclic) bond motifs is 1. The van der Waals surface area contributed by atoms with Crippen molar-refractivity contribution < 1.29 is 4.42 Å². The lowest BCUT2D eigenvalue weighted by Gasteiger charge is -2.02. The van der Waals surface area contributed by atoms with Crippen molar-refractivity contribution >= 4 is 17.0 Å². The molecule has 15 heavy (non-hydrogen) atoms. The van der Waals surface area contributed by atoms with E-state index in [1.807, 2.05) is 12.1 Å². The highest BCUT2D eigenvalue weighted by Gasteiger charge is 2.01. The maximum Gasteiger partial charge on any atom is 0.336 e.